The zero-order valence-electron chi connectivity index (χ0n) is 13.5. The van der Waals surface area contributed by atoms with E-state index in [9.17, 15) is 8.42 Å². The molecule has 0 unspecified atom stereocenters. The molecule has 0 aliphatic heterocycles. The van der Waals surface area contributed by atoms with Crippen molar-refractivity contribution in [1.29, 1.82) is 0 Å². The summed E-state index contributed by atoms with van der Waals surface area (Å²) in [4.78, 5) is 0.0725. The van der Waals surface area contributed by atoms with E-state index < -0.39 is 10.0 Å². The highest BCUT2D eigenvalue weighted by Crippen LogP contribution is 2.27. The predicted molar refractivity (Wildman–Crippen MR) is 89.6 cm³/mol. The summed E-state index contributed by atoms with van der Waals surface area (Å²) in [6, 6.07) is 12.7. The Labute approximate surface area is 137 Å². The second-order valence-corrected chi connectivity index (χ2v) is 6.89. The van der Waals surface area contributed by atoms with E-state index in [2.05, 4.69) is 4.72 Å². The summed E-state index contributed by atoms with van der Waals surface area (Å²) in [5.74, 6) is 0.748. The van der Waals surface area contributed by atoms with Gasteiger partial charge >= 0.3 is 0 Å². The van der Waals surface area contributed by atoms with E-state index in [1.165, 1.54) is 25.8 Å². The van der Waals surface area contributed by atoms with Crippen LogP contribution in [0, 0.1) is 6.92 Å². The van der Waals surface area contributed by atoms with Gasteiger partial charge in [0.25, 0.3) is 0 Å². The molecular weight excluding hydrogens is 314 g/mol. The average Bonchev–Trinajstić information content (AvgIpc) is 2.56. The minimum atomic E-state index is -3.67. The van der Waals surface area contributed by atoms with E-state index in [4.69, 9.17) is 9.47 Å². The van der Waals surface area contributed by atoms with Crippen LogP contribution in [-0.2, 0) is 16.4 Å². The van der Waals surface area contributed by atoms with Crippen molar-refractivity contribution in [2.45, 2.75) is 18.2 Å². The molecule has 1 N–H and O–H groups in total. The molecule has 6 heteroatoms. The molecule has 0 saturated carbocycles. The van der Waals surface area contributed by atoms with Crippen LogP contribution in [0.2, 0.25) is 0 Å². The van der Waals surface area contributed by atoms with E-state index in [1.54, 1.807) is 12.1 Å². The fourth-order valence-corrected chi connectivity index (χ4v) is 3.37. The van der Waals surface area contributed by atoms with Gasteiger partial charge in [-0.05, 0) is 31.0 Å². The lowest BCUT2D eigenvalue weighted by molar-refractivity contribution is 0.392. The van der Waals surface area contributed by atoms with Crippen LogP contribution < -0.4 is 14.2 Å². The van der Waals surface area contributed by atoms with E-state index in [1.807, 2.05) is 31.2 Å². The third-order valence-corrected chi connectivity index (χ3v) is 4.97. The van der Waals surface area contributed by atoms with Gasteiger partial charge in [0.1, 0.15) is 16.4 Å². The average molecular weight is 335 g/mol. The van der Waals surface area contributed by atoms with Gasteiger partial charge in [0.05, 0.1) is 14.2 Å². The Kier molecular flexibility index (Phi) is 5.63. The van der Waals surface area contributed by atoms with Crippen LogP contribution in [0.5, 0.6) is 11.5 Å². The van der Waals surface area contributed by atoms with Crippen molar-refractivity contribution < 1.29 is 17.9 Å². The summed E-state index contributed by atoms with van der Waals surface area (Å²) in [6.07, 6.45) is 0.617. The molecule has 124 valence electrons. The molecule has 2 aromatic rings. The first-order chi connectivity index (χ1) is 11.0. The first kappa shape index (κ1) is 17.3. The molecule has 0 bridgehead atoms. The Balaban J connectivity index is 2.10. The standard InChI is InChI=1S/C17H21NO4S/c1-13-4-6-14(7-5-13)10-11-18-23(19,20)17-12-15(21-2)8-9-16(17)22-3/h4-9,12,18H,10-11H2,1-3H3. The van der Waals surface area contributed by atoms with Gasteiger partial charge in [0.2, 0.25) is 10.0 Å². The molecule has 0 radical (unpaired) electrons. The molecule has 0 spiro atoms. The molecule has 0 heterocycles. The maximum Gasteiger partial charge on any atom is 0.244 e. The quantitative estimate of drug-likeness (QED) is 0.844. The lowest BCUT2D eigenvalue weighted by Crippen LogP contribution is -2.26. The Morgan fingerprint density at radius 1 is 1.00 bits per heavy atom. The fourth-order valence-electron chi connectivity index (χ4n) is 2.16. The third-order valence-electron chi connectivity index (χ3n) is 3.49. The summed E-state index contributed by atoms with van der Waals surface area (Å²) in [5.41, 5.74) is 2.26. The SMILES string of the molecule is COc1ccc(OC)c(S(=O)(=O)NCCc2ccc(C)cc2)c1. The highest BCUT2D eigenvalue weighted by molar-refractivity contribution is 7.89. The van der Waals surface area contributed by atoms with Crippen molar-refractivity contribution in [3.63, 3.8) is 0 Å². The van der Waals surface area contributed by atoms with Crippen LogP contribution >= 0.6 is 0 Å². The number of benzene rings is 2. The van der Waals surface area contributed by atoms with Crippen LogP contribution in [0.1, 0.15) is 11.1 Å². The van der Waals surface area contributed by atoms with Gasteiger partial charge in [-0.2, -0.15) is 0 Å². The number of rotatable bonds is 7. The minimum Gasteiger partial charge on any atom is -0.497 e. The Morgan fingerprint density at radius 3 is 2.30 bits per heavy atom. The van der Waals surface area contributed by atoms with Crippen molar-refractivity contribution in [2.75, 3.05) is 20.8 Å². The van der Waals surface area contributed by atoms with Crippen molar-refractivity contribution in [3.8, 4) is 11.5 Å². The Morgan fingerprint density at radius 2 is 1.70 bits per heavy atom. The Bertz CT molecular complexity index is 755. The van der Waals surface area contributed by atoms with Crippen LogP contribution in [0.3, 0.4) is 0 Å². The topological polar surface area (TPSA) is 64.6 Å². The number of aryl methyl sites for hydroxylation is 1. The normalized spacial score (nSPS) is 11.3. The van der Waals surface area contributed by atoms with Crippen molar-refractivity contribution in [2.24, 2.45) is 0 Å². The third kappa shape index (κ3) is 4.46. The van der Waals surface area contributed by atoms with Crippen molar-refractivity contribution in [1.82, 2.24) is 4.72 Å². The molecule has 0 fully saturated rings. The molecule has 0 amide bonds. The van der Waals surface area contributed by atoms with E-state index in [0.717, 1.165) is 5.56 Å². The molecule has 2 rings (SSSR count). The highest BCUT2D eigenvalue weighted by Gasteiger charge is 2.20. The molecule has 0 atom stereocenters. The first-order valence-electron chi connectivity index (χ1n) is 7.23. The second kappa shape index (κ2) is 7.48. The van der Waals surface area contributed by atoms with E-state index in [0.29, 0.717) is 18.7 Å². The highest BCUT2D eigenvalue weighted by atomic mass is 32.2. The smallest absolute Gasteiger partial charge is 0.244 e. The van der Waals surface area contributed by atoms with E-state index >= 15 is 0 Å². The van der Waals surface area contributed by atoms with Gasteiger partial charge in [-0.25, -0.2) is 13.1 Å². The lowest BCUT2D eigenvalue weighted by atomic mass is 10.1. The van der Waals surface area contributed by atoms with Crippen LogP contribution in [0.25, 0.3) is 0 Å². The van der Waals surface area contributed by atoms with Crippen molar-refractivity contribution in [3.05, 3.63) is 53.6 Å². The number of ether oxygens (including phenoxy) is 2. The van der Waals surface area contributed by atoms with Crippen LogP contribution in [-0.4, -0.2) is 29.2 Å². The predicted octanol–water partition coefficient (Wildman–Crippen LogP) is 2.53. The largest absolute Gasteiger partial charge is 0.497 e. The zero-order valence-corrected chi connectivity index (χ0v) is 14.3. The first-order valence-corrected chi connectivity index (χ1v) is 8.72. The van der Waals surface area contributed by atoms with Gasteiger partial charge in [-0.3, -0.25) is 0 Å². The van der Waals surface area contributed by atoms with Gasteiger partial charge in [0.15, 0.2) is 0 Å². The molecule has 0 aliphatic rings. The Hall–Kier alpha value is -2.05. The summed E-state index contributed by atoms with van der Waals surface area (Å²) in [6.45, 7) is 2.33. The number of hydrogen-bond acceptors (Lipinski definition) is 4. The molecule has 2 aromatic carbocycles. The molecule has 0 saturated heterocycles. The molecular formula is C17H21NO4S. The number of nitrogens with one attached hydrogen (secondary N) is 1. The van der Waals surface area contributed by atoms with Gasteiger partial charge in [0, 0.05) is 12.6 Å². The summed E-state index contributed by atoms with van der Waals surface area (Å²) >= 11 is 0. The fraction of sp³-hybridized carbons (Fsp3) is 0.294. The maximum absolute atomic E-state index is 12.5. The number of methoxy groups -OCH3 is 2. The van der Waals surface area contributed by atoms with Gasteiger partial charge in [-0.1, -0.05) is 29.8 Å². The monoisotopic (exact) mass is 335 g/mol. The van der Waals surface area contributed by atoms with Crippen LogP contribution in [0.4, 0.5) is 0 Å². The van der Waals surface area contributed by atoms with E-state index in [-0.39, 0.29) is 10.6 Å². The molecule has 5 nitrogen and oxygen atoms in total. The number of hydrogen-bond donors (Lipinski definition) is 1. The molecule has 0 aliphatic carbocycles. The summed E-state index contributed by atoms with van der Waals surface area (Å²) in [5, 5.41) is 0. The minimum absolute atomic E-state index is 0.0725. The van der Waals surface area contributed by atoms with Crippen LogP contribution in [0.15, 0.2) is 47.4 Å². The maximum atomic E-state index is 12.5. The molecule has 23 heavy (non-hydrogen) atoms. The molecule has 0 aromatic heterocycles. The van der Waals surface area contributed by atoms with Crippen molar-refractivity contribution >= 4 is 10.0 Å². The van der Waals surface area contributed by atoms with Gasteiger partial charge < -0.3 is 9.47 Å². The van der Waals surface area contributed by atoms with Gasteiger partial charge in [-0.15, -0.1) is 0 Å². The summed E-state index contributed by atoms with van der Waals surface area (Å²) in [7, 11) is -0.742. The lowest BCUT2D eigenvalue weighted by Gasteiger charge is -2.12. The number of sulfonamides is 1. The zero-order chi connectivity index (χ0) is 16.9. The second-order valence-electron chi connectivity index (χ2n) is 5.15. The summed E-state index contributed by atoms with van der Waals surface area (Å²) < 4.78 is 37.8.